The van der Waals surface area contributed by atoms with Gasteiger partial charge in [0.2, 0.25) is 0 Å². The fourth-order valence-electron chi connectivity index (χ4n) is 1.07. The van der Waals surface area contributed by atoms with Crippen LogP contribution in [0.1, 0.15) is 34.9 Å². The number of carboxylic acid groups (broad SMARTS) is 1. The number of aromatic nitrogens is 2. The average Bonchev–Trinajstić information content (AvgIpc) is 2.25. The van der Waals surface area contributed by atoms with Crippen LogP contribution in [0.3, 0.4) is 0 Å². The van der Waals surface area contributed by atoms with Crippen molar-refractivity contribution in [2.45, 2.75) is 19.2 Å². The van der Waals surface area contributed by atoms with Gasteiger partial charge in [-0.15, -0.1) is 0 Å². The SMILES string of the molecule is COC(C)c1ncc(C(=O)O)c(C(F)(F)F)n1. The Morgan fingerprint density at radius 1 is 1.53 bits per heavy atom. The summed E-state index contributed by atoms with van der Waals surface area (Å²) in [5.41, 5.74) is -2.46. The molecule has 94 valence electrons. The molecule has 0 amide bonds. The molecule has 0 aliphatic carbocycles. The summed E-state index contributed by atoms with van der Waals surface area (Å²) >= 11 is 0. The molecule has 8 heteroatoms. The summed E-state index contributed by atoms with van der Waals surface area (Å²) in [5, 5.41) is 8.60. The Bertz CT molecular complexity index is 434. The number of nitrogens with zero attached hydrogens (tertiary/aromatic N) is 2. The van der Waals surface area contributed by atoms with E-state index in [1.807, 2.05) is 0 Å². The van der Waals surface area contributed by atoms with Crippen molar-refractivity contribution >= 4 is 5.97 Å². The van der Waals surface area contributed by atoms with Crippen LogP contribution in [-0.2, 0) is 10.9 Å². The first-order valence-corrected chi connectivity index (χ1v) is 4.47. The molecule has 5 nitrogen and oxygen atoms in total. The van der Waals surface area contributed by atoms with E-state index in [2.05, 4.69) is 9.97 Å². The Morgan fingerprint density at radius 2 is 2.12 bits per heavy atom. The van der Waals surface area contributed by atoms with Crippen LogP contribution in [0.2, 0.25) is 0 Å². The molecule has 1 rings (SSSR count). The Balaban J connectivity index is 3.35. The van der Waals surface area contributed by atoms with Gasteiger partial charge in [-0.1, -0.05) is 0 Å². The lowest BCUT2D eigenvalue weighted by Gasteiger charge is -2.13. The first kappa shape index (κ1) is 13.4. The van der Waals surface area contributed by atoms with Gasteiger partial charge >= 0.3 is 12.1 Å². The standard InChI is InChI=1S/C9H9F3N2O3/c1-4(17-2)7-13-3-5(8(15)16)6(14-7)9(10,11)12/h3-4H,1-2H3,(H,15,16). The Kier molecular flexibility index (Phi) is 3.66. The van der Waals surface area contributed by atoms with E-state index in [0.29, 0.717) is 6.20 Å². The molecule has 0 aliphatic heterocycles. The third kappa shape index (κ3) is 2.90. The summed E-state index contributed by atoms with van der Waals surface area (Å²) in [5.74, 6) is -1.95. The van der Waals surface area contributed by atoms with Crippen molar-refractivity contribution in [1.29, 1.82) is 0 Å². The van der Waals surface area contributed by atoms with Crippen molar-refractivity contribution in [2.24, 2.45) is 0 Å². The lowest BCUT2D eigenvalue weighted by atomic mass is 10.2. The molecule has 1 heterocycles. The van der Waals surface area contributed by atoms with Crippen LogP contribution in [0.4, 0.5) is 13.2 Å². The third-order valence-electron chi connectivity index (χ3n) is 2.02. The maximum absolute atomic E-state index is 12.6. The zero-order valence-electron chi connectivity index (χ0n) is 8.95. The van der Waals surface area contributed by atoms with Crippen LogP contribution in [0, 0.1) is 0 Å². The van der Waals surface area contributed by atoms with E-state index >= 15 is 0 Å². The summed E-state index contributed by atoms with van der Waals surface area (Å²) in [6, 6.07) is 0. The van der Waals surface area contributed by atoms with Crippen LogP contribution in [0.5, 0.6) is 0 Å². The van der Waals surface area contributed by atoms with Crippen molar-refractivity contribution in [1.82, 2.24) is 9.97 Å². The first-order chi connectivity index (χ1) is 7.77. The third-order valence-corrected chi connectivity index (χ3v) is 2.02. The molecule has 1 aromatic heterocycles. The number of aromatic carboxylic acids is 1. The molecule has 0 fully saturated rings. The summed E-state index contributed by atoms with van der Waals surface area (Å²) in [4.78, 5) is 17.3. The highest BCUT2D eigenvalue weighted by atomic mass is 19.4. The monoisotopic (exact) mass is 250 g/mol. The number of hydrogen-bond acceptors (Lipinski definition) is 4. The molecule has 0 saturated carbocycles. The van der Waals surface area contributed by atoms with Crippen LogP contribution >= 0.6 is 0 Å². The zero-order chi connectivity index (χ0) is 13.2. The summed E-state index contributed by atoms with van der Waals surface area (Å²) in [6.07, 6.45) is -4.97. The van der Waals surface area contributed by atoms with Crippen LogP contribution in [-0.4, -0.2) is 28.2 Å². The number of alkyl halides is 3. The van der Waals surface area contributed by atoms with Crippen LogP contribution in [0.25, 0.3) is 0 Å². The Hall–Kier alpha value is -1.70. The molecule has 0 bridgehead atoms. The fraction of sp³-hybridized carbons (Fsp3) is 0.444. The van der Waals surface area contributed by atoms with Crippen molar-refractivity contribution in [2.75, 3.05) is 7.11 Å². The molecule has 0 spiro atoms. The lowest BCUT2D eigenvalue weighted by molar-refractivity contribution is -0.142. The molecule has 1 unspecified atom stereocenters. The van der Waals surface area contributed by atoms with Gasteiger partial charge in [-0.3, -0.25) is 0 Å². The number of rotatable bonds is 3. The Labute approximate surface area is 94.3 Å². The second-order valence-corrected chi connectivity index (χ2v) is 3.17. The highest BCUT2D eigenvalue weighted by Gasteiger charge is 2.38. The maximum Gasteiger partial charge on any atom is 0.434 e. The fourth-order valence-corrected chi connectivity index (χ4v) is 1.07. The van der Waals surface area contributed by atoms with Crippen molar-refractivity contribution < 1.29 is 27.8 Å². The average molecular weight is 250 g/mol. The van der Waals surface area contributed by atoms with Gasteiger partial charge in [-0.2, -0.15) is 13.2 Å². The van der Waals surface area contributed by atoms with E-state index < -0.39 is 29.5 Å². The van der Waals surface area contributed by atoms with Gasteiger partial charge in [0.05, 0.1) is 0 Å². The number of hydrogen-bond donors (Lipinski definition) is 1. The molecule has 17 heavy (non-hydrogen) atoms. The number of carboxylic acids is 1. The van der Waals surface area contributed by atoms with Gasteiger partial charge in [-0.25, -0.2) is 14.8 Å². The van der Waals surface area contributed by atoms with Crippen LogP contribution in [0.15, 0.2) is 6.20 Å². The number of carbonyl (C=O) groups is 1. The molecule has 1 N–H and O–H groups in total. The van der Waals surface area contributed by atoms with E-state index in [1.54, 1.807) is 0 Å². The van der Waals surface area contributed by atoms with Gasteiger partial charge in [0.25, 0.3) is 0 Å². The van der Waals surface area contributed by atoms with Gasteiger partial charge in [0.1, 0.15) is 11.7 Å². The normalized spacial score (nSPS) is 13.5. The Morgan fingerprint density at radius 3 is 2.53 bits per heavy atom. The van der Waals surface area contributed by atoms with Crippen molar-refractivity contribution in [3.05, 3.63) is 23.3 Å². The van der Waals surface area contributed by atoms with Gasteiger partial charge in [-0.05, 0) is 6.92 Å². The van der Waals surface area contributed by atoms with Gasteiger partial charge in [0.15, 0.2) is 11.5 Å². The van der Waals surface area contributed by atoms with E-state index in [4.69, 9.17) is 9.84 Å². The molecule has 1 aromatic rings. The van der Waals surface area contributed by atoms with E-state index in [1.165, 1.54) is 14.0 Å². The molecule has 0 aromatic carbocycles. The molecular formula is C9H9F3N2O3. The number of halogens is 3. The minimum Gasteiger partial charge on any atom is -0.478 e. The first-order valence-electron chi connectivity index (χ1n) is 4.47. The highest BCUT2D eigenvalue weighted by molar-refractivity contribution is 5.88. The molecule has 0 aliphatic rings. The van der Waals surface area contributed by atoms with Crippen LogP contribution < -0.4 is 0 Å². The van der Waals surface area contributed by atoms with Crippen molar-refractivity contribution in [3.8, 4) is 0 Å². The van der Waals surface area contributed by atoms with E-state index in [-0.39, 0.29) is 5.82 Å². The lowest BCUT2D eigenvalue weighted by Crippen LogP contribution is -2.18. The topological polar surface area (TPSA) is 72.3 Å². The summed E-state index contributed by atoms with van der Waals surface area (Å²) in [7, 11) is 1.28. The minimum atomic E-state index is -4.85. The smallest absolute Gasteiger partial charge is 0.434 e. The van der Waals surface area contributed by atoms with Gasteiger partial charge in [0, 0.05) is 13.3 Å². The van der Waals surface area contributed by atoms with Crippen molar-refractivity contribution in [3.63, 3.8) is 0 Å². The summed E-state index contributed by atoms with van der Waals surface area (Å²) in [6.45, 7) is 1.45. The maximum atomic E-state index is 12.6. The quantitative estimate of drug-likeness (QED) is 0.886. The zero-order valence-corrected chi connectivity index (χ0v) is 8.95. The van der Waals surface area contributed by atoms with E-state index in [0.717, 1.165) is 0 Å². The second-order valence-electron chi connectivity index (χ2n) is 3.17. The molecular weight excluding hydrogens is 241 g/mol. The van der Waals surface area contributed by atoms with Gasteiger partial charge < -0.3 is 9.84 Å². The second kappa shape index (κ2) is 4.66. The molecule has 0 radical (unpaired) electrons. The minimum absolute atomic E-state index is 0.218. The highest BCUT2D eigenvalue weighted by Crippen LogP contribution is 2.31. The summed E-state index contributed by atoms with van der Waals surface area (Å²) < 4.78 is 42.4. The largest absolute Gasteiger partial charge is 0.478 e. The molecule has 0 saturated heterocycles. The van der Waals surface area contributed by atoms with E-state index in [9.17, 15) is 18.0 Å². The predicted molar refractivity (Wildman–Crippen MR) is 49.4 cm³/mol. The molecule has 1 atom stereocenters. The number of ether oxygens (including phenoxy) is 1. The number of methoxy groups -OCH3 is 1. The predicted octanol–water partition coefficient (Wildman–Crippen LogP) is 1.90.